The van der Waals surface area contributed by atoms with Crippen molar-refractivity contribution in [2.24, 2.45) is 0 Å². The average Bonchev–Trinajstić information content (AvgIpc) is 3.55. The van der Waals surface area contributed by atoms with Crippen LogP contribution in [0.3, 0.4) is 0 Å². The number of hydrogen-bond acceptors (Lipinski definition) is 0. The summed E-state index contributed by atoms with van der Waals surface area (Å²) in [5.41, 5.74) is 14.0. The summed E-state index contributed by atoms with van der Waals surface area (Å²) in [5.74, 6) is 0. The predicted octanol–water partition coefficient (Wildman–Crippen LogP) is 11.6. The zero-order valence-corrected chi connectivity index (χ0v) is 24.9. The molecule has 0 aliphatic heterocycles. The Kier molecular flexibility index (Phi) is 5.31. The molecule has 44 heavy (non-hydrogen) atoms. The van der Waals surface area contributed by atoms with Gasteiger partial charge in [-0.25, -0.2) is 0 Å². The van der Waals surface area contributed by atoms with E-state index in [4.69, 9.17) is 0 Å². The van der Waals surface area contributed by atoms with Crippen LogP contribution < -0.4 is 0 Å². The van der Waals surface area contributed by atoms with Crippen LogP contribution in [0.5, 0.6) is 0 Å². The van der Waals surface area contributed by atoms with E-state index in [0.29, 0.717) is 0 Å². The van der Waals surface area contributed by atoms with Crippen LogP contribution in [0.25, 0.3) is 71.6 Å². The highest BCUT2D eigenvalue weighted by molar-refractivity contribution is 6.21. The summed E-state index contributed by atoms with van der Waals surface area (Å²) in [7, 11) is 0. The molecule has 1 heterocycles. The van der Waals surface area contributed by atoms with E-state index in [9.17, 15) is 0 Å². The number of hydrogen-bond donors (Lipinski definition) is 0. The highest BCUT2D eigenvalue weighted by Crippen LogP contribution is 2.52. The lowest BCUT2D eigenvalue weighted by Gasteiger charge is -2.21. The van der Waals surface area contributed by atoms with Gasteiger partial charge in [0.1, 0.15) is 0 Å². The number of nitrogens with zero attached hydrogens (tertiary/aromatic N) is 1. The summed E-state index contributed by atoms with van der Waals surface area (Å²) < 4.78 is 2.50. The Hall–Kier alpha value is -5.40. The SMILES string of the molecule is CC1(C)c2ccccc2-c2c1ccc1c2ccc2c3ccccc3n(-c3cc(-c4ccccc4)cc(-c4ccccc4)c3)c12. The van der Waals surface area contributed by atoms with Gasteiger partial charge in [0.05, 0.1) is 11.0 Å². The first-order valence-corrected chi connectivity index (χ1v) is 15.5. The first-order valence-electron chi connectivity index (χ1n) is 15.5. The largest absolute Gasteiger partial charge is 0.309 e. The summed E-state index contributed by atoms with van der Waals surface area (Å²) in [4.78, 5) is 0. The molecule has 0 radical (unpaired) electrons. The molecule has 0 saturated heterocycles. The smallest absolute Gasteiger partial charge is 0.0619 e. The number of para-hydroxylation sites is 1. The molecule has 7 aromatic carbocycles. The Morgan fingerprint density at radius 2 is 1.00 bits per heavy atom. The summed E-state index contributed by atoms with van der Waals surface area (Å²) in [6.45, 7) is 4.72. The summed E-state index contributed by atoms with van der Waals surface area (Å²) in [6, 6.07) is 55.8. The Labute approximate surface area is 257 Å². The van der Waals surface area contributed by atoms with Gasteiger partial charge >= 0.3 is 0 Å². The van der Waals surface area contributed by atoms with E-state index in [1.165, 1.54) is 82.8 Å². The fourth-order valence-corrected chi connectivity index (χ4v) is 7.67. The molecule has 1 aliphatic carbocycles. The maximum Gasteiger partial charge on any atom is 0.0619 e. The molecule has 208 valence electrons. The predicted molar refractivity (Wildman–Crippen MR) is 187 cm³/mol. The van der Waals surface area contributed by atoms with Crippen molar-refractivity contribution >= 4 is 32.6 Å². The van der Waals surface area contributed by atoms with Gasteiger partial charge in [-0.15, -0.1) is 0 Å². The third-order valence-electron chi connectivity index (χ3n) is 9.76. The molecule has 0 atom stereocenters. The minimum absolute atomic E-state index is 0.0314. The Morgan fingerprint density at radius 3 is 1.73 bits per heavy atom. The molecule has 1 aromatic heterocycles. The number of aromatic nitrogens is 1. The molecule has 0 saturated carbocycles. The van der Waals surface area contributed by atoms with E-state index in [-0.39, 0.29) is 5.41 Å². The zero-order valence-electron chi connectivity index (χ0n) is 24.9. The maximum atomic E-state index is 2.50. The van der Waals surface area contributed by atoms with E-state index >= 15 is 0 Å². The molecule has 0 unspecified atom stereocenters. The van der Waals surface area contributed by atoms with Crippen LogP contribution in [0.4, 0.5) is 0 Å². The van der Waals surface area contributed by atoms with E-state index in [1.54, 1.807) is 0 Å². The van der Waals surface area contributed by atoms with Crippen LogP contribution in [-0.2, 0) is 5.41 Å². The Bertz CT molecular complexity index is 2330. The van der Waals surface area contributed by atoms with Crippen molar-refractivity contribution in [2.45, 2.75) is 19.3 Å². The van der Waals surface area contributed by atoms with Crippen LogP contribution in [0.2, 0.25) is 0 Å². The monoisotopic (exact) mass is 561 g/mol. The molecular weight excluding hydrogens is 530 g/mol. The molecule has 1 aliphatic rings. The summed E-state index contributed by atoms with van der Waals surface area (Å²) in [5, 5.41) is 5.16. The molecule has 1 heteroatoms. The third-order valence-corrected chi connectivity index (χ3v) is 9.76. The van der Waals surface area contributed by atoms with E-state index in [2.05, 4.69) is 170 Å². The highest BCUT2D eigenvalue weighted by atomic mass is 15.0. The van der Waals surface area contributed by atoms with Gasteiger partial charge in [0.25, 0.3) is 0 Å². The third kappa shape index (κ3) is 3.53. The number of benzene rings is 7. The molecule has 0 bridgehead atoms. The molecule has 1 nitrogen and oxygen atoms in total. The van der Waals surface area contributed by atoms with Gasteiger partial charge in [-0.3, -0.25) is 0 Å². The topological polar surface area (TPSA) is 4.93 Å². The lowest BCUT2D eigenvalue weighted by atomic mass is 9.82. The van der Waals surface area contributed by atoms with Crippen LogP contribution in [0.15, 0.2) is 152 Å². The van der Waals surface area contributed by atoms with E-state index < -0.39 is 0 Å². The Balaban J connectivity index is 1.41. The average molecular weight is 562 g/mol. The van der Waals surface area contributed by atoms with Gasteiger partial charge in [-0.05, 0) is 74.2 Å². The zero-order chi connectivity index (χ0) is 29.4. The van der Waals surface area contributed by atoms with Crippen LogP contribution in [-0.4, -0.2) is 4.57 Å². The quantitative estimate of drug-likeness (QED) is 0.202. The molecular formula is C43H31N. The molecule has 0 spiro atoms. The normalized spacial score (nSPS) is 13.4. The second-order valence-electron chi connectivity index (χ2n) is 12.6. The fourth-order valence-electron chi connectivity index (χ4n) is 7.67. The van der Waals surface area contributed by atoms with Crippen LogP contribution in [0, 0.1) is 0 Å². The molecule has 0 N–H and O–H groups in total. The number of fused-ring (bicyclic) bond motifs is 9. The van der Waals surface area contributed by atoms with E-state index in [0.717, 1.165) is 0 Å². The first kappa shape index (κ1) is 25.1. The van der Waals surface area contributed by atoms with Crippen molar-refractivity contribution < 1.29 is 0 Å². The standard InChI is InChI=1S/C43H31N/c1-43(2)38-19-11-9-18-37(38)41-34-21-22-35-33-17-10-12-20-40(33)44(42(35)36(34)23-24-39(41)43)32-26-30(28-13-5-3-6-14-28)25-31(27-32)29-15-7-4-8-16-29/h3-27H,1-2H3. The number of rotatable bonds is 3. The fraction of sp³-hybridized carbons (Fsp3) is 0.0698. The molecule has 0 fully saturated rings. The molecule has 9 rings (SSSR count). The maximum absolute atomic E-state index is 2.50. The van der Waals surface area contributed by atoms with Gasteiger partial charge in [0.2, 0.25) is 0 Å². The van der Waals surface area contributed by atoms with Gasteiger partial charge in [0.15, 0.2) is 0 Å². The van der Waals surface area contributed by atoms with Gasteiger partial charge in [-0.1, -0.05) is 141 Å². The molecule has 0 amide bonds. The lowest BCUT2D eigenvalue weighted by Crippen LogP contribution is -2.14. The van der Waals surface area contributed by atoms with Gasteiger partial charge in [-0.2, -0.15) is 0 Å². The van der Waals surface area contributed by atoms with Crippen molar-refractivity contribution in [3.63, 3.8) is 0 Å². The minimum atomic E-state index is -0.0314. The minimum Gasteiger partial charge on any atom is -0.309 e. The van der Waals surface area contributed by atoms with Crippen molar-refractivity contribution in [2.75, 3.05) is 0 Å². The first-order chi connectivity index (χ1) is 21.6. The van der Waals surface area contributed by atoms with E-state index in [1.807, 2.05) is 0 Å². The van der Waals surface area contributed by atoms with Gasteiger partial charge in [0, 0.05) is 27.3 Å². The Morgan fingerprint density at radius 1 is 0.432 bits per heavy atom. The van der Waals surface area contributed by atoms with Crippen molar-refractivity contribution in [1.29, 1.82) is 0 Å². The van der Waals surface area contributed by atoms with Gasteiger partial charge < -0.3 is 4.57 Å². The van der Waals surface area contributed by atoms with Crippen LogP contribution >= 0.6 is 0 Å². The second kappa shape index (κ2) is 9.30. The van der Waals surface area contributed by atoms with Crippen molar-refractivity contribution in [3.8, 4) is 39.1 Å². The second-order valence-corrected chi connectivity index (χ2v) is 12.6. The highest BCUT2D eigenvalue weighted by Gasteiger charge is 2.36. The van der Waals surface area contributed by atoms with Crippen molar-refractivity contribution in [1.82, 2.24) is 4.57 Å². The van der Waals surface area contributed by atoms with Crippen molar-refractivity contribution in [3.05, 3.63) is 163 Å². The summed E-state index contributed by atoms with van der Waals surface area (Å²) >= 11 is 0. The van der Waals surface area contributed by atoms with Crippen LogP contribution in [0.1, 0.15) is 25.0 Å². The summed E-state index contributed by atoms with van der Waals surface area (Å²) in [6.07, 6.45) is 0. The molecule has 8 aromatic rings. The lowest BCUT2D eigenvalue weighted by molar-refractivity contribution is 0.661.